The number of nitrogens with two attached hydrogens (primary N) is 1. The van der Waals surface area contributed by atoms with Crippen LogP contribution >= 0.6 is 0 Å². The SMILES string of the molecule is CC(N)CN1c2nc[nH]c(=O)c2NC1c1cnn(Cc2cccc(C(F)(F)F)c2)c1. The summed E-state index contributed by atoms with van der Waals surface area (Å²) in [6, 6.07) is 4.96. The van der Waals surface area contributed by atoms with Crippen molar-refractivity contribution in [3.05, 3.63) is 70.0 Å². The van der Waals surface area contributed by atoms with Gasteiger partial charge in [0.1, 0.15) is 11.9 Å². The normalized spacial score (nSPS) is 17.0. The fourth-order valence-corrected chi connectivity index (χ4v) is 3.48. The van der Waals surface area contributed by atoms with E-state index in [1.54, 1.807) is 23.1 Å². The summed E-state index contributed by atoms with van der Waals surface area (Å²) in [6.45, 7) is 2.47. The summed E-state index contributed by atoms with van der Waals surface area (Å²) in [5, 5.41) is 7.42. The van der Waals surface area contributed by atoms with Gasteiger partial charge in [-0.25, -0.2) is 4.98 Å². The Morgan fingerprint density at radius 1 is 1.33 bits per heavy atom. The highest BCUT2D eigenvalue weighted by atomic mass is 19.4. The van der Waals surface area contributed by atoms with Gasteiger partial charge in [0.2, 0.25) is 0 Å². The molecule has 0 radical (unpaired) electrons. The number of aromatic amines is 1. The highest BCUT2D eigenvalue weighted by Gasteiger charge is 2.34. The average Bonchev–Trinajstić information content (AvgIpc) is 3.27. The second kappa shape index (κ2) is 7.48. The number of H-pyrrole nitrogens is 1. The summed E-state index contributed by atoms with van der Waals surface area (Å²) in [4.78, 5) is 20.8. The number of anilines is 2. The van der Waals surface area contributed by atoms with Crippen LogP contribution in [0.1, 0.15) is 29.8 Å². The Morgan fingerprint density at radius 3 is 2.87 bits per heavy atom. The van der Waals surface area contributed by atoms with Crippen molar-refractivity contribution in [3.63, 3.8) is 0 Å². The Kier molecular flexibility index (Phi) is 4.98. The first-order valence-corrected chi connectivity index (χ1v) is 9.27. The maximum atomic E-state index is 12.9. The molecule has 2 aromatic heterocycles. The quantitative estimate of drug-likeness (QED) is 0.586. The number of hydrogen-bond donors (Lipinski definition) is 3. The van der Waals surface area contributed by atoms with Crippen LogP contribution in [0.3, 0.4) is 0 Å². The fourth-order valence-electron chi connectivity index (χ4n) is 3.48. The third kappa shape index (κ3) is 3.88. The lowest BCUT2D eigenvalue weighted by Gasteiger charge is -2.26. The molecular weight excluding hydrogens is 399 g/mol. The van der Waals surface area contributed by atoms with E-state index in [9.17, 15) is 18.0 Å². The molecule has 0 bridgehead atoms. The van der Waals surface area contributed by atoms with Crippen molar-refractivity contribution in [2.45, 2.75) is 31.9 Å². The molecule has 2 atom stereocenters. The van der Waals surface area contributed by atoms with Crippen LogP contribution in [0.25, 0.3) is 0 Å². The van der Waals surface area contributed by atoms with Gasteiger partial charge in [-0.2, -0.15) is 18.3 Å². The highest BCUT2D eigenvalue weighted by Crippen LogP contribution is 2.37. The third-order valence-electron chi connectivity index (χ3n) is 4.75. The Balaban J connectivity index is 1.59. The zero-order valence-corrected chi connectivity index (χ0v) is 16.0. The summed E-state index contributed by atoms with van der Waals surface area (Å²) in [7, 11) is 0. The molecule has 0 fully saturated rings. The number of nitrogens with zero attached hydrogens (tertiary/aromatic N) is 4. The Hall–Kier alpha value is -3.34. The molecule has 1 aliphatic heterocycles. The van der Waals surface area contributed by atoms with E-state index in [4.69, 9.17) is 5.73 Å². The zero-order chi connectivity index (χ0) is 21.5. The van der Waals surface area contributed by atoms with Crippen LogP contribution < -0.4 is 21.5 Å². The second-order valence-electron chi connectivity index (χ2n) is 7.28. The molecule has 3 heterocycles. The second-order valence-corrected chi connectivity index (χ2v) is 7.28. The van der Waals surface area contributed by atoms with Crippen molar-refractivity contribution in [2.75, 3.05) is 16.8 Å². The van der Waals surface area contributed by atoms with Crippen LogP contribution in [-0.4, -0.2) is 32.3 Å². The predicted octanol–water partition coefficient (Wildman–Crippen LogP) is 2.31. The molecule has 30 heavy (non-hydrogen) atoms. The molecule has 4 rings (SSSR count). The summed E-state index contributed by atoms with van der Waals surface area (Å²) in [5.74, 6) is 0.492. The van der Waals surface area contributed by atoms with Crippen molar-refractivity contribution >= 4 is 11.5 Å². The number of rotatable bonds is 5. The molecule has 4 N–H and O–H groups in total. The molecule has 2 unspecified atom stereocenters. The van der Waals surface area contributed by atoms with Gasteiger partial charge in [-0.15, -0.1) is 0 Å². The molecule has 0 saturated carbocycles. The van der Waals surface area contributed by atoms with Crippen LogP contribution in [0.4, 0.5) is 24.7 Å². The first-order valence-electron chi connectivity index (χ1n) is 9.27. The van der Waals surface area contributed by atoms with Gasteiger partial charge in [-0.1, -0.05) is 12.1 Å². The van der Waals surface area contributed by atoms with Gasteiger partial charge in [0.05, 0.1) is 24.6 Å². The summed E-state index contributed by atoms with van der Waals surface area (Å²) < 4.78 is 40.4. The Labute approximate surface area is 169 Å². The number of benzene rings is 1. The minimum absolute atomic E-state index is 0.176. The lowest BCUT2D eigenvalue weighted by Crippen LogP contribution is -2.38. The predicted molar refractivity (Wildman–Crippen MR) is 105 cm³/mol. The minimum atomic E-state index is -4.40. The van der Waals surface area contributed by atoms with E-state index in [1.165, 1.54) is 12.4 Å². The third-order valence-corrected chi connectivity index (χ3v) is 4.75. The van der Waals surface area contributed by atoms with Crippen molar-refractivity contribution < 1.29 is 13.2 Å². The van der Waals surface area contributed by atoms with Gasteiger partial charge in [0.25, 0.3) is 5.56 Å². The summed E-state index contributed by atoms with van der Waals surface area (Å²) in [6.07, 6.45) is -0.149. The van der Waals surface area contributed by atoms with E-state index in [-0.39, 0.29) is 18.1 Å². The molecule has 1 aliphatic rings. The number of fused-ring (bicyclic) bond motifs is 1. The molecule has 0 amide bonds. The summed E-state index contributed by atoms with van der Waals surface area (Å²) in [5.41, 5.74) is 6.53. The number of alkyl halides is 3. The average molecular weight is 419 g/mol. The van der Waals surface area contributed by atoms with Crippen molar-refractivity contribution in [1.82, 2.24) is 19.7 Å². The highest BCUT2D eigenvalue weighted by molar-refractivity contribution is 5.71. The van der Waals surface area contributed by atoms with Crippen molar-refractivity contribution in [3.8, 4) is 0 Å². The van der Waals surface area contributed by atoms with Gasteiger partial charge in [0, 0.05) is 24.3 Å². The molecular formula is C19H20F3N7O. The monoisotopic (exact) mass is 419 g/mol. The number of halogens is 3. The van der Waals surface area contributed by atoms with E-state index in [0.29, 0.717) is 23.6 Å². The van der Waals surface area contributed by atoms with Crippen LogP contribution in [0, 0.1) is 0 Å². The molecule has 8 nitrogen and oxygen atoms in total. The van der Waals surface area contributed by atoms with E-state index in [0.717, 1.165) is 17.7 Å². The maximum absolute atomic E-state index is 12.9. The smallest absolute Gasteiger partial charge is 0.354 e. The number of hydrogen-bond acceptors (Lipinski definition) is 6. The van der Waals surface area contributed by atoms with E-state index >= 15 is 0 Å². The van der Waals surface area contributed by atoms with Crippen molar-refractivity contribution in [1.29, 1.82) is 0 Å². The van der Waals surface area contributed by atoms with Crippen molar-refractivity contribution in [2.24, 2.45) is 5.73 Å². The topological polar surface area (TPSA) is 105 Å². The van der Waals surface area contributed by atoms with Crippen LogP contribution in [0.5, 0.6) is 0 Å². The van der Waals surface area contributed by atoms with Gasteiger partial charge in [-0.05, 0) is 24.6 Å². The van der Waals surface area contributed by atoms with E-state index in [1.807, 2.05) is 11.8 Å². The molecule has 0 saturated heterocycles. The molecule has 158 valence electrons. The number of nitrogens with one attached hydrogen (secondary N) is 2. The zero-order valence-electron chi connectivity index (χ0n) is 16.0. The first kappa shape index (κ1) is 20.0. The lowest BCUT2D eigenvalue weighted by atomic mass is 10.1. The molecule has 3 aromatic rings. The standard InChI is InChI=1S/C19H20F3N7O/c1-11(23)7-29-16(27-15-17(29)24-10-25-18(15)30)13-6-26-28(9-13)8-12-3-2-4-14(5-12)19(20,21)22/h2-6,9-11,16,27H,7-8,23H2,1H3,(H,24,25,30). The fraction of sp³-hybridized carbons (Fsp3) is 0.316. The molecule has 1 aromatic carbocycles. The van der Waals surface area contributed by atoms with Crippen LogP contribution in [-0.2, 0) is 12.7 Å². The molecule has 0 aliphatic carbocycles. The summed E-state index contributed by atoms with van der Waals surface area (Å²) >= 11 is 0. The van der Waals surface area contributed by atoms with Crippen LogP contribution in [0.2, 0.25) is 0 Å². The minimum Gasteiger partial charge on any atom is -0.354 e. The van der Waals surface area contributed by atoms with Gasteiger partial charge < -0.3 is 20.9 Å². The van der Waals surface area contributed by atoms with Crippen LogP contribution in [0.15, 0.2) is 47.8 Å². The Bertz CT molecular complexity index is 1110. The Morgan fingerprint density at radius 2 is 2.13 bits per heavy atom. The molecule has 0 spiro atoms. The number of aromatic nitrogens is 4. The first-order chi connectivity index (χ1) is 14.2. The van der Waals surface area contributed by atoms with E-state index < -0.39 is 17.9 Å². The van der Waals surface area contributed by atoms with Gasteiger partial charge >= 0.3 is 6.18 Å². The lowest BCUT2D eigenvalue weighted by molar-refractivity contribution is -0.137. The molecule has 11 heteroatoms. The maximum Gasteiger partial charge on any atom is 0.416 e. The van der Waals surface area contributed by atoms with E-state index in [2.05, 4.69) is 20.4 Å². The van der Waals surface area contributed by atoms with Gasteiger partial charge in [0.15, 0.2) is 5.82 Å². The van der Waals surface area contributed by atoms with Gasteiger partial charge in [-0.3, -0.25) is 9.48 Å². The largest absolute Gasteiger partial charge is 0.416 e.